The fourth-order valence-corrected chi connectivity index (χ4v) is 1.94. The number of benzene rings is 1. The molecule has 0 aliphatic rings. The first-order chi connectivity index (χ1) is 9.39. The Morgan fingerprint density at radius 2 is 1.75 bits per heavy atom. The van der Waals surface area contributed by atoms with Crippen LogP contribution in [0, 0.1) is 0 Å². The van der Waals surface area contributed by atoms with Crippen LogP contribution in [0.5, 0.6) is 0 Å². The number of rotatable bonds is 2. The number of anilines is 1. The Morgan fingerprint density at radius 3 is 2.35 bits per heavy atom. The van der Waals surface area contributed by atoms with Crippen LogP contribution in [0.3, 0.4) is 0 Å². The normalized spacial score (nSPS) is 11.2. The monoisotopic (exact) mass is 268 g/mol. The molecule has 0 spiro atoms. The molecule has 2 rings (SSSR count). The second-order valence-corrected chi connectivity index (χ2v) is 5.88. The minimum Gasteiger partial charge on any atom is -0.311 e. The van der Waals surface area contributed by atoms with Crippen LogP contribution in [-0.2, 0) is 5.41 Å². The maximum Gasteiger partial charge on any atom is 0.258 e. The fourth-order valence-electron chi connectivity index (χ4n) is 1.94. The average Bonchev–Trinajstić information content (AvgIpc) is 2.46. The Bertz CT molecular complexity index is 600. The van der Waals surface area contributed by atoms with E-state index in [1.807, 2.05) is 36.4 Å². The standard InChI is InChI=1S/C17H20N2O/c1-17(2,3)15-12-13(10-11-18-15)16(20)19(4)14-8-6-5-7-9-14/h5-12H,1-4H3. The lowest BCUT2D eigenvalue weighted by atomic mass is 9.91. The molecule has 0 aliphatic heterocycles. The SMILES string of the molecule is CN(C(=O)c1ccnc(C(C)(C)C)c1)c1ccccc1. The van der Waals surface area contributed by atoms with Gasteiger partial charge in [-0.25, -0.2) is 0 Å². The quantitative estimate of drug-likeness (QED) is 0.833. The Hall–Kier alpha value is -2.16. The lowest BCUT2D eigenvalue weighted by Crippen LogP contribution is -2.26. The number of carbonyl (C=O) groups excluding carboxylic acids is 1. The molecule has 0 radical (unpaired) electrons. The van der Waals surface area contributed by atoms with Crippen molar-refractivity contribution in [3.63, 3.8) is 0 Å². The summed E-state index contributed by atoms with van der Waals surface area (Å²) in [7, 11) is 1.79. The first-order valence-corrected chi connectivity index (χ1v) is 6.69. The topological polar surface area (TPSA) is 33.2 Å². The van der Waals surface area contributed by atoms with Crippen molar-refractivity contribution in [2.24, 2.45) is 0 Å². The number of amides is 1. The molecule has 0 fully saturated rings. The average molecular weight is 268 g/mol. The number of para-hydroxylation sites is 1. The molecule has 3 heteroatoms. The van der Waals surface area contributed by atoms with E-state index in [0.717, 1.165) is 11.4 Å². The summed E-state index contributed by atoms with van der Waals surface area (Å²) < 4.78 is 0. The van der Waals surface area contributed by atoms with Gasteiger partial charge in [-0.2, -0.15) is 0 Å². The molecule has 2 aromatic rings. The van der Waals surface area contributed by atoms with Crippen molar-refractivity contribution in [2.75, 3.05) is 11.9 Å². The molecule has 0 saturated carbocycles. The Labute approximate surface area is 120 Å². The lowest BCUT2D eigenvalue weighted by Gasteiger charge is -2.20. The highest BCUT2D eigenvalue weighted by Crippen LogP contribution is 2.22. The molecule has 104 valence electrons. The maximum absolute atomic E-state index is 12.5. The van der Waals surface area contributed by atoms with Crippen molar-refractivity contribution in [2.45, 2.75) is 26.2 Å². The minimum absolute atomic E-state index is 0.0240. The zero-order valence-electron chi connectivity index (χ0n) is 12.4. The molecule has 0 bridgehead atoms. The van der Waals surface area contributed by atoms with Crippen molar-refractivity contribution in [1.29, 1.82) is 0 Å². The largest absolute Gasteiger partial charge is 0.311 e. The summed E-state index contributed by atoms with van der Waals surface area (Å²) in [6, 6.07) is 13.3. The molecule has 1 aromatic carbocycles. The van der Waals surface area contributed by atoms with E-state index < -0.39 is 0 Å². The highest BCUT2D eigenvalue weighted by atomic mass is 16.2. The van der Waals surface area contributed by atoms with E-state index in [0.29, 0.717) is 5.56 Å². The van der Waals surface area contributed by atoms with Gasteiger partial charge in [-0.15, -0.1) is 0 Å². The molecule has 0 aliphatic carbocycles. The highest BCUT2D eigenvalue weighted by Gasteiger charge is 2.19. The van der Waals surface area contributed by atoms with Gasteiger partial charge in [0.25, 0.3) is 5.91 Å². The van der Waals surface area contributed by atoms with Crippen LogP contribution < -0.4 is 4.90 Å². The molecule has 1 aromatic heterocycles. The molecule has 3 nitrogen and oxygen atoms in total. The molecule has 1 heterocycles. The summed E-state index contributed by atoms with van der Waals surface area (Å²) >= 11 is 0. The van der Waals surface area contributed by atoms with Crippen LogP contribution in [0.15, 0.2) is 48.7 Å². The third-order valence-corrected chi connectivity index (χ3v) is 3.22. The van der Waals surface area contributed by atoms with E-state index in [1.165, 1.54) is 0 Å². The van der Waals surface area contributed by atoms with Crippen LogP contribution in [0.1, 0.15) is 36.8 Å². The molecule has 0 atom stereocenters. The van der Waals surface area contributed by atoms with Gasteiger partial charge in [0.15, 0.2) is 0 Å². The summed E-state index contributed by atoms with van der Waals surface area (Å²) in [6.45, 7) is 6.26. The van der Waals surface area contributed by atoms with Gasteiger partial charge in [-0.3, -0.25) is 9.78 Å². The van der Waals surface area contributed by atoms with Crippen molar-refractivity contribution in [3.8, 4) is 0 Å². The van der Waals surface area contributed by atoms with Gasteiger partial charge in [0.05, 0.1) is 0 Å². The Kier molecular flexibility index (Phi) is 3.89. The molecular weight excluding hydrogens is 248 g/mol. The second kappa shape index (κ2) is 5.45. The van der Waals surface area contributed by atoms with Crippen LogP contribution in [0.25, 0.3) is 0 Å². The van der Waals surface area contributed by atoms with E-state index in [2.05, 4.69) is 25.8 Å². The first kappa shape index (κ1) is 14.3. The minimum atomic E-state index is -0.0678. The van der Waals surface area contributed by atoms with E-state index in [9.17, 15) is 4.79 Å². The van der Waals surface area contributed by atoms with Gasteiger partial charge in [0.2, 0.25) is 0 Å². The van der Waals surface area contributed by atoms with Crippen LogP contribution in [0.2, 0.25) is 0 Å². The van der Waals surface area contributed by atoms with E-state index in [-0.39, 0.29) is 11.3 Å². The molecule has 0 unspecified atom stereocenters. The van der Waals surface area contributed by atoms with Gasteiger partial charge in [0, 0.05) is 35.6 Å². The molecule has 1 amide bonds. The summed E-state index contributed by atoms with van der Waals surface area (Å²) in [5.74, 6) is -0.0240. The molecule has 0 N–H and O–H groups in total. The lowest BCUT2D eigenvalue weighted by molar-refractivity contribution is 0.0992. The number of carbonyl (C=O) groups is 1. The molecule has 0 saturated heterocycles. The zero-order chi connectivity index (χ0) is 14.8. The van der Waals surface area contributed by atoms with Crippen molar-refractivity contribution in [1.82, 2.24) is 4.98 Å². The van der Waals surface area contributed by atoms with E-state index in [4.69, 9.17) is 0 Å². The maximum atomic E-state index is 12.5. The third kappa shape index (κ3) is 3.05. The fraction of sp³-hybridized carbons (Fsp3) is 0.294. The van der Waals surface area contributed by atoms with E-state index in [1.54, 1.807) is 24.2 Å². The summed E-state index contributed by atoms with van der Waals surface area (Å²) in [6.07, 6.45) is 1.70. The number of hydrogen-bond donors (Lipinski definition) is 0. The summed E-state index contributed by atoms with van der Waals surface area (Å²) in [5.41, 5.74) is 2.40. The van der Waals surface area contributed by atoms with Crippen molar-refractivity contribution >= 4 is 11.6 Å². The Balaban J connectivity index is 2.30. The summed E-state index contributed by atoms with van der Waals surface area (Å²) in [4.78, 5) is 18.5. The number of hydrogen-bond acceptors (Lipinski definition) is 2. The Morgan fingerprint density at radius 1 is 1.10 bits per heavy atom. The number of aromatic nitrogens is 1. The first-order valence-electron chi connectivity index (χ1n) is 6.69. The van der Waals surface area contributed by atoms with Gasteiger partial charge in [-0.05, 0) is 24.3 Å². The molecule has 20 heavy (non-hydrogen) atoms. The molecular formula is C17H20N2O. The summed E-state index contributed by atoms with van der Waals surface area (Å²) in [5, 5.41) is 0. The number of nitrogens with zero attached hydrogens (tertiary/aromatic N) is 2. The van der Waals surface area contributed by atoms with Gasteiger partial charge in [0.1, 0.15) is 0 Å². The second-order valence-electron chi connectivity index (χ2n) is 5.88. The number of pyridine rings is 1. The van der Waals surface area contributed by atoms with E-state index >= 15 is 0 Å². The third-order valence-electron chi connectivity index (χ3n) is 3.22. The smallest absolute Gasteiger partial charge is 0.258 e. The highest BCUT2D eigenvalue weighted by molar-refractivity contribution is 6.05. The van der Waals surface area contributed by atoms with Crippen molar-refractivity contribution < 1.29 is 4.79 Å². The van der Waals surface area contributed by atoms with Gasteiger partial charge >= 0.3 is 0 Å². The van der Waals surface area contributed by atoms with Gasteiger partial charge in [-0.1, -0.05) is 39.0 Å². The zero-order valence-corrected chi connectivity index (χ0v) is 12.4. The van der Waals surface area contributed by atoms with Crippen LogP contribution in [0.4, 0.5) is 5.69 Å². The van der Waals surface area contributed by atoms with Crippen molar-refractivity contribution in [3.05, 3.63) is 59.9 Å². The van der Waals surface area contributed by atoms with Crippen LogP contribution >= 0.6 is 0 Å². The van der Waals surface area contributed by atoms with Gasteiger partial charge < -0.3 is 4.90 Å². The van der Waals surface area contributed by atoms with Crippen LogP contribution in [-0.4, -0.2) is 17.9 Å². The predicted octanol–water partition coefficient (Wildman–Crippen LogP) is 3.66. The predicted molar refractivity (Wildman–Crippen MR) is 82.1 cm³/mol.